The Kier molecular flexibility index (Phi) is 6.63. The molecule has 7 nitrogen and oxygen atoms in total. The lowest BCUT2D eigenvalue weighted by atomic mass is 10.2. The van der Waals surface area contributed by atoms with Crippen molar-refractivity contribution in [2.24, 2.45) is 0 Å². The third-order valence-corrected chi connectivity index (χ3v) is 5.06. The van der Waals surface area contributed by atoms with E-state index in [1.54, 1.807) is 35.7 Å². The number of nitriles is 1. The molecule has 0 saturated carbocycles. The van der Waals surface area contributed by atoms with Crippen LogP contribution in [-0.4, -0.2) is 37.3 Å². The molecule has 1 N–H and O–H groups in total. The normalized spacial score (nSPS) is 16.8. The number of thiophene rings is 1. The van der Waals surface area contributed by atoms with Gasteiger partial charge in [-0.15, -0.1) is 11.3 Å². The summed E-state index contributed by atoms with van der Waals surface area (Å²) in [5.41, 5.74) is 0.688. The average Bonchev–Trinajstić information content (AvgIpc) is 3.38. The Hall–Kier alpha value is -2.89. The smallest absolute Gasteiger partial charge is 0.338 e. The minimum atomic E-state index is -1.00. The molecular weight excluding hydrogens is 380 g/mol. The molecule has 1 amide bonds. The van der Waals surface area contributed by atoms with E-state index < -0.39 is 18.0 Å². The highest BCUT2D eigenvalue weighted by molar-refractivity contribution is 7.14. The largest absolute Gasteiger partial charge is 0.491 e. The van der Waals surface area contributed by atoms with Gasteiger partial charge in [0.15, 0.2) is 6.10 Å². The lowest BCUT2D eigenvalue weighted by molar-refractivity contribution is -0.123. The van der Waals surface area contributed by atoms with Crippen molar-refractivity contribution in [3.63, 3.8) is 0 Å². The Labute approximate surface area is 166 Å². The van der Waals surface area contributed by atoms with Gasteiger partial charge in [-0.1, -0.05) is 0 Å². The van der Waals surface area contributed by atoms with Gasteiger partial charge >= 0.3 is 5.97 Å². The van der Waals surface area contributed by atoms with Crippen molar-refractivity contribution in [2.45, 2.75) is 32.0 Å². The molecule has 0 spiro atoms. The van der Waals surface area contributed by atoms with Gasteiger partial charge in [0.2, 0.25) is 0 Å². The van der Waals surface area contributed by atoms with Crippen molar-refractivity contribution in [2.75, 3.05) is 18.5 Å². The number of benzene rings is 1. The van der Waals surface area contributed by atoms with Crippen LogP contribution in [0.4, 0.5) is 5.00 Å². The number of rotatable bonds is 7. The van der Waals surface area contributed by atoms with Gasteiger partial charge in [0.25, 0.3) is 5.91 Å². The standard InChI is InChI=1S/C20H20N2O5S/c1-13(18(23)22-19-15(11-21)8-10-28-19)27-20(24)14-4-6-16(7-5-14)26-12-17-3-2-9-25-17/h4-8,10,13,17H,2-3,9,12H2,1H3,(H,22,23)/t13-,17+/m1/s1. The number of nitrogens with one attached hydrogen (secondary N) is 1. The van der Waals surface area contributed by atoms with Crippen LogP contribution in [0, 0.1) is 11.3 Å². The van der Waals surface area contributed by atoms with Gasteiger partial charge in [-0.05, 0) is 55.5 Å². The van der Waals surface area contributed by atoms with Crippen molar-refractivity contribution in [1.82, 2.24) is 0 Å². The number of anilines is 1. The van der Waals surface area contributed by atoms with E-state index in [-0.39, 0.29) is 6.10 Å². The van der Waals surface area contributed by atoms with Gasteiger partial charge in [0.05, 0.1) is 17.2 Å². The fraction of sp³-hybridized carbons (Fsp3) is 0.350. The van der Waals surface area contributed by atoms with E-state index in [1.165, 1.54) is 18.3 Å². The molecule has 0 aliphatic carbocycles. The number of amides is 1. The Bertz CT molecular complexity index is 865. The van der Waals surface area contributed by atoms with Crippen LogP contribution in [0.15, 0.2) is 35.7 Å². The molecule has 3 rings (SSSR count). The van der Waals surface area contributed by atoms with E-state index in [2.05, 4.69) is 5.32 Å². The lowest BCUT2D eigenvalue weighted by Gasteiger charge is -2.14. The third-order valence-electron chi connectivity index (χ3n) is 4.23. The van der Waals surface area contributed by atoms with E-state index in [1.807, 2.05) is 6.07 Å². The highest BCUT2D eigenvalue weighted by Crippen LogP contribution is 2.22. The van der Waals surface area contributed by atoms with E-state index >= 15 is 0 Å². The van der Waals surface area contributed by atoms with Crippen LogP contribution in [0.5, 0.6) is 5.75 Å². The zero-order valence-corrected chi connectivity index (χ0v) is 16.2. The molecule has 2 atom stereocenters. The maximum atomic E-state index is 12.3. The van der Waals surface area contributed by atoms with E-state index in [9.17, 15) is 9.59 Å². The van der Waals surface area contributed by atoms with Gasteiger partial charge in [0.1, 0.15) is 23.4 Å². The molecule has 28 heavy (non-hydrogen) atoms. The molecule has 2 aromatic rings. The summed E-state index contributed by atoms with van der Waals surface area (Å²) in [4.78, 5) is 24.4. The summed E-state index contributed by atoms with van der Waals surface area (Å²) in [7, 11) is 0. The predicted molar refractivity (Wildman–Crippen MR) is 103 cm³/mol. The van der Waals surface area contributed by atoms with Crippen LogP contribution >= 0.6 is 11.3 Å². The van der Waals surface area contributed by atoms with Gasteiger partial charge in [0, 0.05) is 6.61 Å². The first-order valence-electron chi connectivity index (χ1n) is 8.90. The average molecular weight is 400 g/mol. The van der Waals surface area contributed by atoms with Crippen molar-refractivity contribution < 1.29 is 23.8 Å². The Morgan fingerprint density at radius 2 is 2.14 bits per heavy atom. The number of carbonyl (C=O) groups is 2. The van der Waals surface area contributed by atoms with Crippen LogP contribution < -0.4 is 10.1 Å². The molecule has 0 radical (unpaired) electrons. The van der Waals surface area contributed by atoms with Crippen molar-refractivity contribution in [3.05, 3.63) is 46.8 Å². The van der Waals surface area contributed by atoms with Crippen LogP contribution in [0.1, 0.15) is 35.7 Å². The first kappa shape index (κ1) is 19.9. The molecule has 1 saturated heterocycles. The molecule has 0 bridgehead atoms. The summed E-state index contributed by atoms with van der Waals surface area (Å²) in [6, 6.07) is 10.1. The van der Waals surface area contributed by atoms with Crippen LogP contribution in [0.3, 0.4) is 0 Å². The van der Waals surface area contributed by atoms with Crippen LogP contribution in [-0.2, 0) is 14.3 Å². The molecule has 8 heteroatoms. The Balaban J connectivity index is 1.50. The fourth-order valence-electron chi connectivity index (χ4n) is 2.64. The molecule has 1 aliphatic heterocycles. The summed E-state index contributed by atoms with van der Waals surface area (Å²) in [5.74, 6) is -0.469. The van der Waals surface area contributed by atoms with Gasteiger partial charge < -0.3 is 19.5 Å². The highest BCUT2D eigenvalue weighted by atomic mass is 32.1. The van der Waals surface area contributed by atoms with E-state index in [0.717, 1.165) is 19.4 Å². The maximum absolute atomic E-state index is 12.3. The first-order chi connectivity index (χ1) is 13.6. The lowest BCUT2D eigenvalue weighted by Crippen LogP contribution is -2.29. The number of carbonyl (C=O) groups excluding carboxylic acids is 2. The van der Waals surface area contributed by atoms with Crippen LogP contribution in [0.25, 0.3) is 0 Å². The maximum Gasteiger partial charge on any atom is 0.338 e. The summed E-state index contributed by atoms with van der Waals surface area (Å²) < 4.78 is 16.4. The van der Waals surface area contributed by atoms with Gasteiger partial charge in [-0.25, -0.2) is 4.79 Å². The number of nitrogens with zero attached hydrogens (tertiary/aromatic N) is 1. The summed E-state index contributed by atoms with van der Waals surface area (Å²) in [6.45, 7) is 2.73. The van der Waals surface area contributed by atoms with Crippen molar-refractivity contribution in [3.8, 4) is 11.8 Å². The molecular formula is C20H20N2O5S. The Morgan fingerprint density at radius 3 is 2.82 bits per heavy atom. The third kappa shape index (κ3) is 5.09. The minimum Gasteiger partial charge on any atom is -0.491 e. The molecule has 2 heterocycles. The number of ether oxygens (including phenoxy) is 3. The van der Waals surface area contributed by atoms with Gasteiger partial charge in [-0.2, -0.15) is 5.26 Å². The SMILES string of the molecule is C[C@@H](OC(=O)c1ccc(OC[C@@H]2CCCO2)cc1)C(=O)Nc1sccc1C#N. The minimum absolute atomic E-state index is 0.119. The second-order valence-electron chi connectivity index (χ2n) is 6.28. The number of esters is 1. The molecule has 146 valence electrons. The summed E-state index contributed by atoms with van der Waals surface area (Å²) in [6.07, 6.45) is 1.16. The topological polar surface area (TPSA) is 97.7 Å². The summed E-state index contributed by atoms with van der Waals surface area (Å²) in [5, 5.41) is 13.7. The predicted octanol–water partition coefficient (Wildman–Crippen LogP) is 3.36. The van der Waals surface area contributed by atoms with E-state index in [0.29, 0.717) is 28.5 Å². The number of hydrogen-bond acceptors (Lipinski definition) is 7. The van der Waals surface area contributed by atoms with Crippen LogP contribution in [0.2, 0.25) is 0 Å². The molecule has 1 aliphatic rings. The second kappa shape index (κ2) is 9.35. The molecule has 0 unspecified atom stereocenters. The first-order valence-corrected chi connectivity index (χ1v) is 9.78. The van der Waals surface area contributed by atoms with Crippen molar-refractivity contribution >= 4 is 28.2 Å². The van der Waals surface area contributed by atoms with E-state index in [4.69, 9.17) is 19.5 Å². The molecule has 1 aromatic heterocycles. The Morgan fingerprint density at radius 1 is 1.36 bits per heavy atom. The fourth-order valence-corrected chi connectivity index (χ4v) is 3.38. The zero-order chi connectivity index (χ0) is 19.9. The highest BCUT2D eigenvalue weighted by Gasteiger charge is 2.21. The zero-order valence-electron chi connectivity index (χ0n) is 15.3. The molecule has 1 fully saturated rings. The summed E-state index contributed by atoms with van der Waals surface area (Å²) >= 11 is 1.23. The number of hydrogen-bond donors (Lipinski definition) is 1. The monoisotopic (exact) mass is 400 g/mol. The molecule has 1 aromatic carbocycles. The van der Waals surface area contributed by atoms with Crippen molar-refractivity contribution in [1.29, 1.82) is 5.26 Å². The second-order valence-corrected chi connectivity index (χ2v) is 7.20. The van der Waals surface area contributed by atoms with Gasteiger partial charge in [-0.3, -0.25) is 4.79 Å². The quantitative estimate of drug-likeness (QED) is 0.716.